The summed E-state index contributed by atoms with van der Waals surface area (Å²) in [6.07, 6.45) is 0.882. The molecule has 6 nitrogen and oxygen atoms in total. The van der Waals surface area contributed by atoms with E-state index in [2.05, 4.69) is 10.1 Å². The Hall–Kier alpha value is -1.14. The summed E-state index contributed by atoms with van der Waals surface area (Å²) in [5, 5.41) is 12.7. The minimum Gasteiger partial charge on any atom is -0.480 e. The fourth-order valence-corrected chi connectivity index (χ4v) is 1.54. The lowest BCUT2D eigenvalue weighted by Gasteiger charge is -2.16. The van der Waals surface area contributed by atoms with Gasteiger partial charge in [0.15, 0.2) is 5.82 Å². The Balaban J connectivity index is 0.00000324. The second-order valence-electron chi connectivity index (χ2n) is 5.37. The first-order chi connectivity index (χ1) is 8.32. The van der Waals surface area contributed by atoms with Crippen molar-refractivity contribution in [1.82, 2.24) is 15.0 Å². The van der Waals surface area contributed by atoms with Gasteiger partial charge in [0.25, 0.3) is 0 Å². The number of rotatable bonds is 6. The van der Waals surface area contributed by atoms with E-state index in [9.17, 15) is 4.79 Å². The molecule has 1 heterocycles. The molecule has 0 saturated carbocycles. The predicted octanol–water partition coefficient (Wildman–Crippen LogP) is 2.09. The maximum atomic E-state index is 10.7. The molecule has 1 aromatic rings. The predicted molar refractivity (Wildman–Crippen MR) is 73.4 cm³/mol. The van der Waals surface area contributed by atoms with Gasteiger partial charge in [-0.2, -0.15) is 4.98 Å². The third-order valence-corrected chi connectivity index (χ3v) is 2.40. The number of aromatic nitrogens is 2. The molecule has 0 aliphatic carbocycles. The van der Waals surface area contributed by atoms with Gasteiger partial charge >= 0.3 is 5.97 Å². The first-order valence-corrected chi connectivity index (χ1v) is 6.10. The molecule has 0 unspecified atom stereocenters. The van der Waals surface area contributed by atoms with Crippen LogP contribution in [0.15, 0.2) is 4.52 Å². The highest BCUT2D eigenvalue weighted by atomic mass is 35.5. The van der Waals surface area contributed by atoms with Gasteiger partial charge in [0, 0.05) is 5.41 Å². The number of nitrogens with zero attached hydrogens (tertiary/aromatic N) is 3. The van der Waals surface area contributed by atoms with Crippen LogP contribution in [-0.4, -0.2) is 39.2 Å². The number of carbonyl (C=O) groups is 1. The molecule has 0 saturated heterocycles. The molecule has 0 fully saturated rings. The molecule has 0 bridgehead atoms. The normalized spacial score (nSPS) is 11.4. The van der Waals surface area contributed by atoms with Crippen LogP contribution in [0.4, 0.5) is 0 Å². The Morgan fingerprint density at radius 3 is 2.47 bits per heavy atom. The van der Waals surface area contributed by atoms with Crippen LogP contribution in [0.1, 0.15) is 45.8 Å². The quantitative estimate of drug-likeness (QED) is 0.864. The van der Waals surface area contributed by atoms with Crippen molar-refractivity contribution in [2.45, 2.75) is 46.1 Å². The van der Waals surface area contributed by atoms with Gasteiger partial charge in [0.05, 0.1) is 13.1 Å². The monoisotopic (exact) mass is 291 g/mol. The molecule has 110 valence electrons. The summed E-state index contributed by atoms with van der Waals surface area (Å²) in [4.78, 5) is 16.8. The molecule has 1 aromatic heterocycles. The molecule has 0 atom stereocenters. The molecule has 0 aliphatic rings. The SMILES string of the molecule is CCCN(CC(=O)O)Cc1nc(C(C)(C)C)no1.Cl. The molecular formula is C12H22ClN3O3. The summed E-state index contributed by atoms with van der Waals surface area (Å²) < 4.78 is 5.15. The summed E-state index contributed by atoms with van der Waals surface area (Å²) in [5.41, 5.74) is -0.163. The summed E-state index contributed by atoms with van der Waals surface area (Å²) in [7, 11) is 0. The number of carboxylic acid groups (broad SMARTS) is 1. The van der Waals surface area contributed by atoms with E-state index in [-0.39, 0.29) is 24.4 Å². The van der Waals surface area contributed by atoms with Crippen molar-refractivity contribution >= 4 is 18.4 Å². The van der Waals surface area contributed by atoms with E-state index in [1.807, 2.05) is 27.7 Å². The molecule has 1 rings (SSSR count). The summed E-state index contributed by atoms with van der Waals surface area (Å²) in [6.45, 7) is 9.07. The fraction of sp³-hybridized carbons (Fsp3) is 0.750. The first kappa shape index (κ1) is 17.9. The number of hydrogen-bond acceptors (Lipinski definition) is 5. The van der Waals surface area contributed by atoms with E-state index in [1.54, 1.807) is 4.90 Å². The Bertz CT molecular complexity index is 401. The highest BCUT2D eigenvalue weighted by Gasteiger charge is 2.22. The zero-order valence-corrected chi connectivity index (χ0v) is 12.7. The van der Waals surface area contributed by atoms with Crippen LogP contribution in [0.3, 0.4) is 0 Å². The Labute approximate surface area is 119 Å². The Morgan fingerprint density at radius 2 is 2.05 bits per heavy atom. The van der Waals surface area contributed by atoms with Crippen LogP contribution in [0.25, 0.3) is 0 Å². The third-order valence-electron chi connectivity index (χ3n) is 2.40. The van der Waals surface area contributed by atoms with E-state index >= 15 is 0 Å². The van der Waals surface area contributed by atoms with Crippen LogP contribution in [0.2, 0.25) is 0 Å². The lowest BCUT2D eigenvalue weighted by molar-refractivity contribution is -0.138. The molecule has 7 heteroatoms. The van der Waals surface area contributed by atoms with Crippen molar-refractivity contribution < 1.29 is 14.4 Å². The number of aliphatic carboxylic acids is 1. The van der Waals surface area contributed by atoms with Crippen LogP contribution in [-0.2, 0) is 16.8 Å². The van der Waals surface area contributed by atoms with E-state index in [0.717, 1.165) is 6.42 Å². The fourth-order valence-electron chi connectivity index (χ4n) is 1.54. The van der Waals surface area contributed by atoms with Gasteiger partial charge < -0.3 is 9.63 Å². The number of halogens is 1. The molecular weight excluding hydrogens is 270 g/mol. The number of carboxylic acids is 1. The van der Waals surface area contributed by atoms with Crippen LogP contribution < -0.4 is 0 Å². The molecule has 0 radical (unpaired) electrons. The second kappa shape index (κ2) is 7.45. The van der Waals surface area contributed by atoms with Gasteiger partial charge in [-0.3, -0.25) is 9.69 Å². The van der Waals surface area contributed by atoms with Crippen molar-refractivity contribution in [2.24, 2.45) is 0 Å². The zero-order valence-electron chi connectivity index (χ0n) is 11.8. The van der Waals surface area contributed by atoms with Crippen molar-refractivity contribution in [3.63, 3.8) is 0 Å². The Morgan fingerprint density at radius 1 is 1.42 bits per heavy atom. The maximum absolute atomic E-state index is 10.7. The van der Waals surface area contributed by atoms with Gasteiger partial charge in [-0.05, 0) is 13.0 Å². The van der Waals surface area contributed by atoms with Gasteiger partial charge in [-0.1, -0.05) is 32.9 Å². The second-order valence-corrected chi connectivity index (χ2v) is 5.37. The zero-order chi connectivity index (χ0) is 13.8. The minimum atomic E-state index is -0.848. The van der Waals surface area contributed by atoms with Crippen molar-refractivity contribution in [3.8, 4) is 0 Å². The molecule has 0 amide bonds. The van der Waals surface area contributed by atoms with E-state index in [1.165, 1.54) is 0 Å². The standard InChI is InChI=1S/C12H21N3O3.ClH/c1-5-6-15(8-10(16)17)7-9-13-11(14-18-9)12(2,3)4;/h5-8H2,1-4H3,(H,16,17);1H. The minimum absolute atomic E-state index is 0. The van der Waals surface area contributed by atoms with Crippen LogP contribution in [0, 0.1) is 0 Å². The lowest BCUT2D eigenvalue weighted by Crippen LogP contribution is -2.30. The van der Waals surface area contributed by atoms with Crippen LogP contribution in [0.5, 0.6) is 0 Å². The Kier molecular flexibility index (Phi) is 7.00. The average molecular weight is 292 g/mol. The summed E-state index contributed by atoms with van der Waals surface area (Å²) in [6, 6.07) is 0. The summed E-state index contributed by atoms with van der Waals surface area (Å²) >= 11 is 0. The van der Waals surface area contributed by atoms with Crippen molar-refractivity contribution in [3.05, 3.63) is 11.7 Å². The maximum Gasteiger partial charge on any atom is 0.317 e. The van der Waals surface area contributed by atoms with E-state index in [4.69, 9.17) is 9.63 Å². The highest BCUT2D eigenvalue weighted by molar-refractivity contribution is 5.85. The van der Waals surface area contributed by atoms with Crippen molar-refractivity contribution in [2.75, 3.05) is 13.1 Å². The molecule has 0 spiro atoms. The number of hydrogen-bond donors (Lipinski definition) is 1. The van der Waals surface area contributed by atoms with Gasteiger partial charge in [0.1, 0.15) is 0 Å². The highest BCUT2D eigenvalue weighted by Crippen LogP contribution is 2.18. The smallest absolute Gasteiger partial charge is 0.317 e. The van der Waals surface area contributed by atoms with Crippen molar-refractivity contribution in [1.29, 1.82) is 0 Å². The van der Waals surface area contributed by atoms with Crippen LogP contribution >= 0.6 is 12.4 Å². The van der Waals surface area contributed by atoms with E-state index in [0.29, 0.717) is 24.8 Å². The van der Waals surface area contributed by atoms with Gasteiger partial charge in [0.2, 0.25) is 5.89 Å². The lowest BCUT2D eigenvalue weighted by atomic mass is 9.96. The largest absolute Gasteiger partial charge is 0.480 e. The van der Waals surface area contributed by atoms with Gasteiger partial charge in [-0.25, -0.2) is 0 Å². The topological polar surface area (TPSA) is 79.5 Å². The molecule has 0 aromatic carbocycles. The first-order valence-electron chi connectivity index (χ1n) is 6.10. The molecule has 19 heavy (non-hydrogen) atoms. The third kappa shape index (κ3) is 6.02. The molecule has 1 N–H and O–H groups in total. The summed E-state index contributed by atoms with van der Waals surface area (Å²) in [5.74, 6) is 0.262. The van der Waals surface area contributed by atoms with E-state index < -0.39 is 5.97 Å². The average Bonchev–Trinajstić information content (AvgIpc) is 2.64. The molecule has 0 aliphatic heterocycles. The van der Waals surface area contributed by atoms with Gasteiger partial charge in [-0.15, -0.1) is 12.4 Å².